The van der Waals surface area contributed by atoms with Crippen molar-refractivity contribution in [3.63, 3.8) is 0 Å². The van der Waals surface area contributed by atoms with Gasteiger partial charge in [0.1, 0.15) is 6.10 Å². The molecule has 1 aromatic carbocycles. The molecule has 1 unspecified atom stereocenters. The Morgan fingerprint density at radius 3 is 2.69 bits per heavy atom. The summed E-state index contributed by atoms with van der Waals surface area (Å²) in [6.45, 7) is 2.08. The van der Waals surface area contributed by atoms with Gasteiger partial charge in [-0.3, -0.25) is 4.21 Å². The van der Waals surface area contributed by atoms with Gasteiger partial charge in [0.15, 0.2) is 0 Å². The van der Waals surface area contributed by atoms with Crippen LogP contribution in [0.1, 0.15) is 6.92 Å². The Kier molecular flexibility index (Phi) is 3.74. The van der Waals surface area contributed by atoms with Crippen molar-refractivity contribution in [3.8, 4) is 0 Å². The molecule has 1 fully saturated rings. The number of hydrogen-bond donors (Lipinski definition) is 1. The van der Waals surface area contributed by atoms with E-state index in [9.17, 15) is 4.21 Å². The topological polar surface area (TPSA) is 49.8 Å². The summed E-state index contributed by atoms with van der Waals surface area (Å²) >= 11 is 0. The number of epoxide rings is 1. The zero-order valence-electron chi connectivity index (χ0n) is 9.20. The predicted octanol–water partition coefficient (Wildman–Crippen LogP) is 1.19. The Bertz CT molecular complexity index is 366. The number of aliphatic hydroxyl groups is 1. The van der Waals surface area contributed by atoms with Gasteiger partial charge in [0.05, 0.1) is 23.5 Å². The van der Waals surface area contributed by atoms with Crippen molar-refractivity contribution in [1.82, 2.24) is 0 Å². The molecule has 0 aliphatic carbocycles. The van der Waals surface area contributed by atoms with E-state index in [0.29, 0.717) is 5.75 Å². The molecule has 88 valence electrons. The molecule has 1 heterocycles. The summed E-state index contributed by atoms with van der Waals surface area (Å²) < 4.78 is 17.3. The van der Waals surface area contributed by atoms with Gasteiger partial charge in [-0.1, -0.05) is 25.1 Å². The van der Waals surface area contributed by atoms with Gasteiger partial charge in [-0.25, -0.2) is 0 Å². The highest BCUT2D eigenvalue weighted by molar-refractivity contribution is 7.85. The SMILES string of the molecule is C[C@H](CS(=O)c1ccccc1)[C@H]1O[C@H]1CO. The monoisotopic (exact) mass is 240 g/mol. The lowest BCUT2D eigenvalue weighted by Gasteiger charge is -2.07. The van der Waals surface area contributed by atoms with Crippen molar-refractivity contribution in [3.05, 3.63) is 30.3 Å². The smallest absolute Gasteiger partial charge is 0.107 e. The first-order valence-electron chi connectivity index (χ1n) is 5.42. The van der Waals surface area contributed by atoms with Crippen molar-refractivity contribution >= 4 is 10.8 Å². The first kappa shape index (κ1) is 11.8. The molecular formula is C12H16O3S. The van der Waals surface area contributed by atoms with Crippen LogP contribution in [-0.4, -0.2) is 33.9 Å². The van der Waals surface area contributed by atoms with E-state index in [1.165, 1.54) is 0 Å². The van der Waals surface area contributed by atoms with E-state index in [1.54, 1.807) is 0 Å². The van der Waals surface area contributed by atoms with Gasteiger partial charge in [0.2, 0.25) is 0 Å². The second kappa shape index (κ2) is 5.08. The van der Waals surface area contributed by atoms with Crippen LogP contribution in [0, 0.1) is 5.92 Å². The Morgan fingerprint density at radius 1 is 1.44 bits per heavy atom. The van der Waals surface area contributed by atoms with Gasteiger partial charge < -0.3 is 9.84 Å². The molecule has 0 amide bonds. The molecule has 0 spiro atoms. The van der Waals surface area contributed by atoms with Crippen LogP contribution in [-0.2, 0) is 15.5 Å². The molecule has 1 aliphatic heterocycles. The Hall–Kier alpha value is -0.710. The minimum Gasteiger partial charge on any atom is -0.394 e. The Labute approximate surface area is 97.9 Å². The normalized spacial score (nSPS) is 27.4. The van der Waals surface area contributed by atoms with Crippen LogP contribution in [0.4, 0.5) is 0 Å². The zero-order valence-corrected chi connectivity index (χ0v) is 10.0. The van der Waals surface area contributed by atoms with Gasteiger partial charge >= 0.3 is 0 Å². The molecule has 3 nitrogen and oxygen atoms in total. The van der Waals surface area contributed by atoms with Gasteiger partial charge in [-0.2, -0.15) is 0 Å². The van der Waals surface area contributed by atoms with Crippen molar-refractivity contribution in [2.45, 2.75) is 24.0 Å². The van der Waals surface area contributed by atoms with E-state index in [0.717, 1.165) is 4.90 Å². The van der Waals surface area contributed by atoms with Crippen molar-refractivity contribution in [1.29, 1.82) is 0 Å². The van der Waals surface area contributed by atoms with Gasteiger partial charge in [-0.05, 0) is 18.1 Å². The van der Waals surface area contributed by atoms with Crippen LogP contribution in [0.15, 0.2) is 35.2 Å². The molecule has 0 bridgehead atoms. The minimum absolute atomic E-state index is 0.0391. The number of hydrogen-bond acceptors (Lipinski definition) is 3. The summed E-state index contributed by atoms with van der Waals surface area (Å²) in [5.74, 6) is 0.809. The average Bonchev–Trinajstić information content (AvgIpc) is 3.09. The minimum atomic E-state index is -0.973. The third-order valence-corrected chi connectivity index (χ3v) is 4.41. The summed E-state index contributed by atoms with van der Waals surface area (Å²) in [7, 11) is -0.973. The van der Waals surface area contributed by atoms with E-state index in [-0.39, 0.29) is 24.7 Å². The van der Waals surface area contributed by atoms with Crippen molar-refractivity contribution in [2.24, 2.45) is 5.92 Å². The molecule has 1 saturated heterocycles. The Morgan fingerprint density at radius 2 is 2.12 bits per heavy atom. The number of benzene rings is 1. The molecule has 16 heavy (non-hydrogen) atoms. The molecule has 0 saturated carbocycles. The van der Waals surface area contributed by atoms with Gasteiger partial charge in [0, 0.05) is 10.6 Å². The van der Waals surface area contributed by atoms with Crippen molar-refractivity contribution < 1.29 is 14.1 Å². The largest absolute Gasteiger partial charge is 0.394 e. The van der Waals surface area contributed by atoms with E-state index >= 15 is 0 Å². The first-order valence-corrected chi connectivity index (χ1v) is 6.74. The van der Waals surface area contributed by atoms with Crippen molar-refractivity contribution in [2.75, 3.05) is 12.4 Å². The van der Waals surface area contributed by atoms with E-state index < -0.39 is 10.8 Å². The summed E-state index contributed by atoms with van der Waals surface area (Å²) in [4.78, 5) is 0.857. The average molecular weight is 240 g/mol. The molecule has 0 aromatic heterocycles. The molecule has 1 aromatic rings. The summed E-state index contributed by atoms with van der Waals surface area (Å²) in [5, 5.41) is 8.88. The van der Waals surface area contributed by atoms with Crippen LogP contribution in [0.2, 0.25) is 0 Å². The number of ether oxygens (including phenoxy) is 1. The highest BCUT2D eigenvalue weighted by atomic mass is 32.2. The predicted molar refractivity (Wildman–Crippen MR) is 62.6 cm³/mol. The quantitative estimate of drug-likeness (QED) is 0.787. The third-order valence-electron chi connectivity index (χ3n) is 2.78. The van der Waals surface area contributed by atoms with Crippen LogP contribution < -0.4 is 0 Å². The van der Waals surface area contributed by atoms with Crippen LogP contribution in [0.5, 0.6) is 0 Å². The van der Waals surface area contributed by atoms with E-state index in [1.807, 2.05) is 37.3 Å². The standard InChI is InChI=1S/C12H16O3S/c1-9(12-11(7-13)15-12)8-16(14)10-5-3-2-4-6-10/h2-6,9,11-13H,7-8H2,1H3/t9-,11+,12-,16?/m1/s1. The number of rotatable bonds is 5. The molecule has 1 aliphatic rings. The lowest BCUT2D eigenvalue weighted by molar-refractivity contribution is 0.240. The van der Waals surface area contributed by atoms with Gasteiger partial charge in [0.25, 0.3) is 0 Å². The molecule has 4 heteroatoms. The Balaban J connectivity index is 1.88. The maximum Gasteiger partial charge on any atom is 0.107 e. The van der Waals surface area contributed by atoms with Crippen LogP contribution in [0.25, 0.3) is 0 Å². The maximum atomic E-state index is 12.0. The highest BCUT2D eigenvalue weighted by Crippen LogP contribution is 2.30. The van der Waals surface area contributed by atoms with Crippen LogP contribution in [0.3, 0.4) is 0 Å². The second-order valence-corrected chi connectivity index (χ2v) is 5.62. The summed E-state index contributed by atoms with van der Waals surface area (Å²) in [6, 6.07) is 9.44. The third kappa shape index (κ3) is 2.70. The number of aliphatic hydroxyl groups excluding tert-OH is 1. The maximum absolute atomic E-state index is 12.0. The molecule has 4 atom stereocenters. The molecular weight excluding hydrogens is 224 g/mol. The lowest BCUT2D eigenvalue weighted by Crippen LogP contribution is -2.16. The van der Waals surface area contributed by atoms with E-state index in [4.69, 9.17) is 9.84 Å². The fraction of sp³-hybridized carbons (Fsp3) is 0.500. The zero-order chi connectivity index (χ0) is 11.5. The lowest BCUT2D eigenvalue weighted by atomic mass is 10.1. The van der Waals surface area contributed by atoms with E-state index in [2.05, 4.69) is 0 Å². The first-order chi connectivity index (χ1) is 7.72. The molecule has 1 N–H and O–H groups in total. The highest BCUT2D eigenvalue weighted by Gasteiger charge is 2.42. The fourth-order valence-electron chi connectivity index (χ4n) is 1.81. The molecule has 2 rings (SSSR count). The second-order valence-electron chi connectivity index (χ2n) is 4.12. The molecule has 0 radical (unpaired) electrons. The summed E-state index contributed by atoms with van der Waals surface area (Å²) in [6.07, 6.45) is 0.0421. The van der Waals surface area contributed by atoms with Crippen LogP contribution >= 0.6 is 0 Å². The van der Waals surface area contributed by atoms with Gasteiger partial charge in [-0.15, -0.1) is 0 Å². The fourth-order valence-corrected chi connectivity index (χ4v) is 3.13. The summed E-state index contributed by atoms with van der Waals surface area (Å²) in [5.41, 5.74) is 0.